The first kappa shape index (κ1) is 15.2. The van der Waals surface area contributed by atoms with Crippen molar-refractivity contribution in [3.05, 3.63) is 28.7 Å². The molecule has 0 saturated carbocycles. The van der Waals surface area contributed by atoms with Crippen LogP contribution in [0.2, 0.25) is 0 Å². The van der Waals surface area contributed by atoms with Crippen LogP contribution in [0.25, 0.3) is 0 Å². The fourth-order valence-electron chi connectivity index (χ4n) is 2.35. The number of nitrogens with one attached hydrogen (secondary N) is 1. The van der Waals surface area contributed by atoms with E-state index in [1.807, 2.05) is 0 Å². The molecule has 6 nitrogen and oxygen atoms in total. The number of pyridine rings is 1. The lowest BCUT2D eigenvalue weighted by Crippen LogP contribution is -2.51. The van der Waals surface area contributed by atoms with Gasteiger partial charge in [-0.1, -0.05) is 6.92 Å². The molecule has 1 unspecified atom stereocenters. The molecule has 0 aromatic carbocycles. The van der Waals surface area contributed by atoms with Gasteiger partial charge in [0.25, 0.3) is 0 Å². The van der Waals surface area contributed by atoms with Crippen molar-refractivity contribution in [3.63, 3.8) is 0 Å². The summed E-state index contributed by atoms with van der Waals surface area (Å²) in [6.45, 7) is 6.77. The van der Waals surface area contributed by atoms with Crippen LogP contribution in [0, 0.1) is 0 Å². The third kappa shape index (κ3) is 3.11. The highest BCUT2D eigenvalue weighted by Crippen LogP contribution is 2.17. The summed E-state index contributed by atoms with van der Waals surface area (Å²) >= 11 is 0. The maximum absolute atomic E-state index is 12.4. The maximum Gasteiger partial charge on any atom is 0.247 e. The highest BCUT2D eigenvalue weighted by atomic mass is 32.2. The molecule has 0 radical (unpaired) electrons. The molecule has 0 bridgehead atoms. The zero-order valence-electron chi connectivity index (χ0n) is 11.9. The molecule has 1 aromatic rings. The van der Waals surface area contributed by atoms with Crippen molar-refractivity contribution >= 4 is 10.0 Å². The number of sulfonamides is 1. The molecule has 20 heavy (non-hydrogen) atoms. The number of hydrogen-bond donors (Lipinski definition) is 1. The zero-order valence-corrected chi connectivity index (χ0v) is 12.7. The molecule has 0 amide bonds. The van der Waals surface area contributed by atoms with Crippen molar-refractivity contribution in [1.82, 2.24) is 14.2 Å². The van der Waals surface area contributed by atoms with Crippen molar-refractivity contribution in [1.29, 1.82) is 0 Å². The molecule has 1 N–H and O–H groups in total. The van der Waals surface area contributed by atoms with Gasteiger partial charge in [0.15, 0.2) is 0 Å². The van der Waals surface area contributed by atoms with Crippen LogP contribution in [0.1, 0.15) is 20.3 Å². The van der Waals surface area contributed by atoms with E-state index in [0.717, 1.165) is 19.5 Å². The van der Waals surface area contributed by atoms with E-state index in [-0.39, 0.29) is 10.5 Å². The summed E-state index contributed by atoms with van der Waals surface area (Å²) in [6, 6.07) is 3.07. The Morgan fingerprint density at radius 2 is 1.90 bits per heavy atom. The van der Waals surface area contributed by atoms with Crippen LogP contribution >= 0.6 is 0 Å². The van der Waals surface area contributed by atoms with Crippen LogP contribution in [0.5, 0.6) is 0 Å². The fraction of sp³-hybridized carbons (Fsp3) is 0.615. The van der Waals surface area contributed by atoms with E-state index in [4.69, 9.17) is 0 Å². The molecule has 2 heterocycles. The van der Waals surface area contributed by atoms with Crippen LogP contribution in [0.3, 0.4) is 0 Å². The maximum atomic E-state index is 12.4. The number of aromatic nitrogens is 1. The summed E-state index contributed by atoms with van der Waals surface area (Å²) in [5.74, 6) is 0. The Morgan fingerprint density at radius 3 is 2.40 bits per heavy atom. The van der Waals surface area contributed by atoms with Crippen LogP contribution < -0.4 is 5.56 Å². The van der Waals surface area contributed by atoms with Gasteiger partial charge in [0.1, 0.15) is 0 Å². The molecular formula is C13H21N3O3S. The van der Waals surface area contributed by atoms with Gasteiger partial charge in [0, 0.05) is 44.5 Å². The Labute approximate surface area is 119 Å². The highest BCUT2D eigenvalue weighted by Gasteiger charge is 2.29. The molecule has 0 aliphatic carbocycles. The molecule has 1 aliphatic heterocycles. The summed E-state index contributed by atoms with van der Waals surface area (Å²) in [5.41, 5.74) is -0.300. The quantitative estimate of drug-likeness (QED) is 0.877. The monoisotopic (exact) mass is 299 g/mol. The van der Waals surface area contributed by atoms with Gasteiger partial charge in [-0.05, 0) is 19.4 Å². The second kappa shape index (κ2) is 6.07. The van der Waals surface area contributed by atoms with Gasteiger partial charge >= 0.3 is 0 Å². The summed E-state index contributed by atoms with van der Waals surface area (Å²) in [6.07, 6.45) is 2.32. The average Bonchev–Trinajstić information content (AvgIpc) is 2.47. The summed E-state index contributed by atoms with van der Waals surface area (Å²) in [5, 5.41) is 0. The largest absolute Gasteiger partial charge is 0.328 e. The molecule has 1 saturated heterocycles. The lowest BCUT2D eigenvalue weighted by atomic mass is 10.2. The minimum Gasteiger partial charge on any atom is -0.328 e. The first-order chi connectivity index (χ1) is 9.45. The van der Waals surface area contributed by atoms with Crippen molar-refractivity contribution in [2.45, 2.75) is 31.2 Å². The number of piperazine rings is 1. The van der Waals surface area contributed by atoms with E-state index in [1.165, 1.54) is 22.6 Å². The molecule has 1 atom stereocenters. The van der Waals surface area contributed by atoms with Crippen LogP contribution in [-0.4, -0.2) is 54.8 Å². The predicted molar refractivity (Wildman–Crippen MR) is 77.1 cm³/mol. The number of aromatic amines is 1. The molecular weight excluding hydrogens is 278 g/mol. The first-order valence-electron chi connectivity index (χ1n) is 6.88. The molecule has 1 aliphatic rings. The van der Waals surface area contributed by atoms with Gasteiger partial charge in [0.2, 0.25) is 15.6 Å². The van der Waals surface area contributed by atoms with Gasteiger partial charge in [0.05, 0.1) is 4.90 Å². The summed E-state index contributed by atoms with van der Waals surface area (Å²) in [4.78, 5) is 15.9. The van der Waals surface area contributed by atoms with Gasteiger partial charge in [-0.2, -0.15) is 4.31 Å². The normalized spacial score (nSPS) is 19.9. The van der Waals surface area contributed by atoms with Crippen molar-refractivity contribution in [2.24, 2.45) is 0 Å². The number of H-pyrrole nitrogens is 1. The SMILES string of the molecule is CCC(C)N1CCN(S(=O)(=O)c2ccc(=O)[nH]c2)CC1. The second-order valence-corrected chi connectivity index (χ2v) is 7.02. The Kier molecular flexibility index (Phi) is 4.62. The fourth-order valence-corrected chi connectivity index (χ4v) is 3.74. The van der Waals surface area contributed by atoms with Crippen molar-refractivity contribution in [2.75, 3.05) is 26.2 Å². The molecule has 2 rings (SSSR count). The molecule has 7 heteroatoms. The number of rotatable bonds is 4. The molecule has 112 valence electrons. The Morgan fingerprint density at radius 1 is 1.25 bits per heavy atom. The number of nitrogens with zero attached hydrogens (tertiary/aromatic N) is 2. The minimum atomic E-state index is -3.50. The first-order valence-corrected chi connectivity index (χ1v) is 8.32. The summed E-state index contributed by atoms with van der Waals surface area (Å²) < 4.78 is 26.3. The smallest absolute Gasteiger partial charge is 0.247 e. The Hall–Kier alpha value is -1.18. The van der Waals surface area contributed by atoms with Crippen LogP contribution in [0.4, 0.5) is 0 Å². The van der Waals surface area contributed by atoms with E-state index in [9.17, 15) is 13.2 Å². The lowest BCUT2D eigenvalue weighted by Gasteiger charge is -2.37. The zero-order chi connectivity index (χ0) is 14.8. The van der Waals surface area contributed by atoms with Crippen molar-refractivity contribution in [3.8, 4) is 0 Å². The lowest BCUT2D eigenvalue weighted by molar-refractivity contribution is 0.142. The third-order valence-electron chi connectivity index (χ3n) is 3.88. The van der Waals surface area contributed by atoms with Gasteiger partial charge in [-0.25, -0.2) is 8.42 Å². The van der Waals surface area contributed by atoms with Crippen molar-refractivity contribution < 1.29 is 8.42 Å². The molecule has 0 spiro atoms. The Bertz CT molecular complexity index is 583. The molecule has 1 fully saturated rings. The summed E-state index contributed by atoms with van der Waals surface area (Å²) in [7, 11) is -3.50. The third-order valence-corrected chi connectivity index (χ3v) is 5.78. The van der Waals surface area contributed by atoms with Crippen LogP contribution in [-0.2, 0) is 10.0 Å². The second-order valence-electron chi connectivity index (χ2n) is 5.09. The van der Waals surface area contributed by atoms with E-state index in [2.05, 4.69) is 23.7 Å². The van der Waals surface area contributed by atoms with Gasteiger partial charge in [-0.3, -0.25) is 9.69 Å². The molecule has 1 aromatic heterocycles. The number of hydrogen-bond acceptors (Lipinski definition) is 4. The van der Waals surface area contributed by atoms with Gasteiger partial charge in [-0.15, -0.1) is 0 Å². The topological polar surface area (TPSA) is 73.5 Å². The van der Waals surface area contributed by atoms with E-state index in [1.54, 1.807) is 0 Å². The Balaban J connectivity index is 2.09. The van der Waals surface area contributed by atoms with Crippen LogP contribution in [0.15, 0.2) is 28.0 Å². The van der Waals surface area contributed by atoms with E-state index < -0.39 is 10.0 Å². The van der Waals surface area contributed by atoms with E-state index >= 15 is 0 Å². The predicted octanol–water partition coefficient (Wildman–Crippen LogP) is 0.480. The standard InChI is InChI=1S/C13H21N3O3S/c1-3-11(2)15-6-8-16(9-7-15)20(18,19)12-4-5-13(17)14-10-12/h4-5,10-11H,3,6-9H2,1-2H3,(H,14,17). The van der Waals surface area contributed by atoms with E-state index in [0.29, 0.717) is 19.1 Å². The average molecular weight is 299 g/mol. The minimum absolute atomic E-state index is 0.147. The highest BCUT2D eigenvalue weighted by molar-refractivity contribution is 7.89. The van der Waals surface area contributed by atoms with Gasteiger partial charge < -0.3 is 4.98 Å².